The minimum atomic E-state index is -0.221. The number of amides is 1. The van der Waals surface area contributed by atoms with Gasteiger partial charge in [-0.15, -0.1) is 0 Å². The van der Waals surface area contributed by atoms with E-state index in [1.165, 1.54) is 12.4 Å². The molecule has 0 atom stereocenters. The van der Waals surface area contributed by atoms with Gasteiger partial charge in [-0.1, -0.05) is 44.2 Å². The summed E-state index contributed by atoms with van der Waals surface area (Å²) in [6.45, 7) is 8.26. The van der Waals surface area contributed by atoms with Crippen molar-refractivity contribution in [3.63, 3.8) is 0 Å². The van der Waals surface area contributed by atoms with Crippen molar-refractivity contribution in [1.82, 2.24) is 9.97 Å². The summed E-state index contributed by atoms with van der Waals surface area (Å²) in [5.41, 5.74) is 5.55. The fourth-order valence-electron chi connectivity index (χ4n) is 2.81. The van der Waals surface area contributed by atoms with Crippen LogP contribution in [-0.4, -0.2) is 15.9 Å². The Morgan fingerprint density at radius 2 is 1.67 bits per heavy atom. The molecule has 2 N–H and O–H groups in total. The number of nitrogens with one attached hydrogen (secondary N) is 2. The van der Waals surface area contributed by atoms with Crippen LogP contribution in [0.2, 0.25) is 0 Å². The lowest BCUT2D eigenvalue weighted by Gasteiger charge is -2.13. The second-order valence-electron chi connectivity index (χ2n) is 6.93. The summed E-state index contributed by atoms with van der Waals surface area (Å²) in [7, 11) is 0. The van der Waals surface area contributed by atoms with Crippen LogP contribution in [0, 0.1) is 13.8 Å². The molecule has 5 nitrogen and oxygen atoms in total. The molecular formula is C22H24N4O. The summed E-state index contributed by atoms with van der Waals surface area (Å²) in [6, 6.07) is 14.0. The topological polar surface area (TPSA) is 66.9 Å². The smallest absolute Gasteiger partial charge is 0.258 e. The van der Waals surface area contributed by atoms with Crippen molar-refractivity contribution in [2.75, 3.05) is 10.6 Å². The van der Waals surface area contributed by atoms with Gasteiger partial charge in [0.25, 0.3) is 5.91 Å². The monoisotopic (exact) mass is 360 g/mol. The zero-order valence-electron chi connectivity index (χ0n) is 16.1. The molecule has 1 aromatic heterocycles. The highest BCUT2D eigenvalue weighted by Gasteiger charge is 2.12. The van der Waals surface area contributed by atoms with E-state index < -0.39 is 0 Å². The normalized spacial score (nSPS) is 10.7. The number of hydrogen-bond donors (Lipinski definition) is 2. The van der Waals surface area contributed by atoms with Crippen LogP contribution in [0.3, 0.4) is 0 Å². The molecule has 0 unspecified atom stereocenters. The molecule has 0 saturated carbocycles. The van der Waals surface area contributed by atoms with Gasteiger partial charge in [-0.05, 0) is 48.6 Å². The van der Waals surface area contributed by atoms with E-state index in [0.29, 0.717) is 17.4 Å². The number of hydrogen-bond acceptors (Lipinski definition) is 4. The molecule has 1 amide bonds. The zero-order valence-corrected chi connectivity index (χ0v) is 16.1. The van der Waals surface area contributed by atoms with E-state index in [-0.39, 0.29) is 5.91 Å². The fraction of sp³-hybridized carbons (Fsp3) is 0.227. The van der Waals surface area contributed by atoms with Gasteiger partial charge in [-0.25, -0.2) is 9.97 Å². The quantitative estimate of drug-likeness (QED) is 0.655. The third kappa shape index (κ3) is 4.50. The van der Waals surface area contributed by atoms with Crippen LogP contribution in [0.1, 0.15) is 46.8 Å². The first-order valence-electron chi connectivity index (χ1n) is 9.00. The Balaban J connectivity index is 1.74. The molecule has 3 rings (SSSR count). The molecule has 0 aliphatic carbocycles. The van der Waals surface area contributed by atoms with Crippen molar-refractivity contribution < 1.29 is 4.79 Å². The number of para-hydroxylation sites is 1. The van der Waals surface area contributed by atoms with Crippen molar-refractivity contribution in [3.8, 4) is 0 Å². The highest BCUT2D eigenvalue weighted by molar-refractivity contribution is 6.04. The van der Waals surface area contributed by atoms with E-state index >= 15 is 0 Å². The molecule has 0 aliphatic heterocycles. The molecule has 5 heteroatoms. The molecular weight excluding hydrogens is 336 g/mol. The molecule has 0 spiro atoms. The second kappa shape index (κ2) is 7.99. The zero-order chi connectivity index (χ0) is 19.4. The first-order valence-corrected chi connectivity index (χ1v) is 9.00. The van der Waals surface area contributed by atoms with Gasteiger partial charge in [0.2, 0.25) is 5.95 Å². The Morgan fingerprint density at radius 3 is 2.37 bits per heavy atom. The summed E-state index contributed by atoms with van der Waals surface area (Å²) in [6.07, 6.45) is 3.07. The first kappa shape index (κ1) is 18.6. The summed E-state index contributed by atoms with van der Waals surface area (Å²) in [5, 5.41) is 6.15. The molecule has 27 heavy (non-hydrogen) atoms. The minimum Gasteiger partial charge on any atom is -0.324 e. The molecule has 0 saturated heterocycles. The lowest BCUT2D eigenvalue weighted by Crippen LogP contribution is -2.14. The SMILES string of the molecule is Cc1ccc(C)c(Nc2ncc(C(=O)Nc3ccccc3C(C)C)cn2)c1. The van der Waals surface area contributed by atoms with E-state index in [1.807, 2.05) is 50.2 Å². The molecule has 3 aromatic rings. The molecule has 0 fully saturated rings. The third-order valence-electron chi connectivity index (χ3n) is 4.38. The van der Waals surface area contributed by atoms with Gasteiger partial charge in [-0.2, -0.15) is 0 Å². The molecule has 0 bridgehead atoms. The number of benzene rings is 2. The van der Waals surface area contributed by atoms with Crippen LogP contribution in [0.15, 0.2) is 54.9 Å². The standard InChI is InChI=1S/C22H24N4O/c1-14(2)18-7-5-6-8-19(18)25-21(27)17-12-23-22(24-13-17)26-20-11-15(3)9-10-16(20)4/h5-14H,1-4H3,(H,25,27)(H,23,24,26). The van der Waals surface area contributed by atoms with Crippen molar-refractivity contribution in [2.45, 2.75) is 33.6 Å². The Labute approximate surface area is 159 Å². The average molecular weight is 360 g/mol. The Kier molecular flexibility index (Phi) is 5.50. The Bertz CT molecular complexity index is 949. The van der Waals surface area contributed by atoms with E-state index in [2.05, 4.69) is 40.5 Å². The van der Waals surface area contributed by atoms with Gasteiger partial charge in [0.05, 0.1) is 5.56 Å². The first-order chi connectivity index (χ1) is 12.9. The molecule has 0 aliphatic rings. The van der Waals surface area contributed by atoms with Crippen molar-refractivity contribution in [3.05, 3.63) is 77.1 Å². The number of carbonyl (C=O) groups excluding carboxylic acids is 1. The van der Waals surface area contributed by atoms with Crippen LogP contribution in [0.25, 0.3) is 0 Å². The van der Waals surface area contributed by atoms with E-state index in [0.717, 1.165) is 28.1 Å². The lowest BCUT2D eigenvalue weighted by atomic mass is 10.0. The molecule has 2 aromatic carbocycles. The maximum Gasteiger partial charge on any atom is 0.258 e. The third-order valence-corrected chi connectivity index (χ3v) is 4.38. The van der Waals surface area contributed by atoms with Crippen molar-refractivity contribution in [1.29, 1.82) is 0 Å². The van der Waals surface area contributed by atoms with Gasteiger partial charge in [0.1, 0.15) is 0 Å². The Morgan fingerprint density at radius 1 is 0.963 bits per heavy atom. The maximum absolute atomic E-state index is 12.5. The summed E-state index contributed by atoms with van der Waals surface area (Å²) < 4.78 is 0. The minimum absolute atomic E-state index is 0.221. The predicted octanol–water partition coefficient (Wildman–Crippen LogP) is 5.21. The van der Waals surface area contributed by atoms with Gasteiger partial charge in [0.15, 0.2) is 0 Å². The summed E-state index contributed by atoms with van der Waals surface area (Å²) in [5.74, 6) is 0.561. The maximum atomic E-state index is 12.5. The number of aryl methyl sites for hydroxylation is 2. The number of aromatic nitrogens is 2. The van der Waals surface area contributed by atoms with Gasteiger partial charge in [-0.3, -0.25) is 4.79 Å². The molecule has 1 heterocycles. The lowest BCUT2D eigenvalue weighted by molar-refractivity contribution is 0.102. The molecule has 138 valence electrons. The van der Waals surface area contributed by atoms with Gasteiger partial charge in [0, 0.05) is 23.8 Å². The molecule has 0 radical (unpaired) electrons. The number of nitrogens with zero attached hydrogens (tertiary/aromatic N) is 2. The van der Waals surface area contributed by atoms with Crippen LogP contribution in [0.4, 0.5) is 17.3 Å². The largest absolute Gasteiger partial charge is 0.324 e. The van der Waals surface area contributed by atoms with E-state index in [9.17, 15) is 4.79 Å². The average Bonchev–Trinajstić information content (AvgIpc) is 2.65. The number of rotatable bonds is 5. The second-order valence-corrected chi connectivity index (χ2v) is 6.93. The number of carbonyl (C=O) groups is 1. The van der Waals surface area contributed by atoms with Crippen molar-refractivity contribution in [2.24, 2.45) is 0 Å². The van der Waals surface area contributed by atoms with Crippen LogP contribution in [0.5, 0.6) is 0 Å². The van der Waals surface area contributed by atoms with Gasteiger partial charge < -0.3 is 10.6 Å². The van der Waals surface area contributed by atoms with Crippen molar-refractivity contribution >= 4 is 23.2 Å². The highest BCUT2D eigenvalue weighted by atomic mass is 16.1. The summed E-state index contributed by atoms with van der Waals surface area (Å²) >= 11 is 0. The highest BCUT2D eigenvalue weighted by Crippen LogP contribution is 2.24. The number of anilines is 3. The summed E-state index contributed by atoms with van der Waals surface area (Å²) in [4.78, 5) is 21.1. The van der Waals surface area contributed by atoms with E-state index in [1.54, 1.807) is 0 Å². The van der Waals surface area contributed by atoms with Crippen LogP contribution in [-0.2, 0) is 0 Å². The van der Waals surface area contributed by atoms with Crippen LogP contribution >= 0.6 is 0 Å². The Hall–Kier alpha value is -3.21. The predicted molar refractivity (Wildman–Crippen MR) is 110 cm³/mol. The van der Waals surface area contributed by atoms with Crippen LogP contribution < -0.4 is 10.6 Å². The van der Waals surface area contributed by atoms with E-state index in [4.69, 9.17) is 0 Å². The van der Waals surface area contributed by atoms with Gasteiger partial charge >= 0.3 is 0 Å². The fourth-order valence-corrected chi connectivity index (χ4v) is 2.81.